The Morgan fingerprint density at radius 1 is 1.13 bits per heavy atom. The van der Waals surface area contributed by atoms with Crippen LogP contribution in [0, 0.1) is 0 Å². The molecule has 1 aromatic carbocycles. The molecule has 5 heteroatoms. The highest BCUT2D eigenvalue weighted by Gasteiger charge is 2.13. The van der Waals surface area contributed by atoms with Crippen molar-refractivity contribution in [1.29, 1.82) is 0 Å². The third kappa shape index (κ3) is 6.91. The number of nitrogens with one attached hydrogen (secondary N) is 2. The van der Waals surface area contributed by atoms with Crippen LogP contribution in [0.5, 0.6) is 5.75 Å². The molecule has 0 bridgehead atoms. The fourth-order valence-electron chi connectivity index (χ4n) is 2.80. The van der Waals surface area contributed by atoms with Crippen molar-refractivity contribution < 1.29 is 19.2 Å². The van der Waals surface area contributed by atoms with Crippen molar-refractivity contribution >= 4 is 11.8 Å². The van der Waals surface area contributed by atoms with Crippen LogP contribution in [0.4, 0.5) is 10.5 Å². The summed E-state index contributed by atoms with van der Waals surface area (Å²) >= 11 is 0. The van der Waals surface area contributed by atoms with Crippen LogP contribution in [-0.4, -0.2) is 38.9 Å². The Labute approximate surface area is 139 Å². The van der Waals surface area contributed by atoms with E-state index in [-0.39, 0.29) is 6.09 Å². The molecule has 0 spiro atoms. The van der Waals surface area contributed by atoms with Crippen LogP contribution in [0.15, 0.2) is 24.3 Å². The van der Waals surface area contributed by atoms with E-state index < -0.39 is 0 Å². The highest BCUT2D eigenvalue weighted by molar-refractivity contribution is 5.84. The molecule has 1 saturated heterocycles. The normalized spacial score (nSPS) is 15.2. The monoisotopic (exact) mass is 321 g/mol. The number of rotatable bonds is 8. The lowest BCUT2D eigenvalue weighted by atomic mass is 10.1. The van der Waals surface area contributed by atoms with Crippen LogP contribution in [0.2, 0.25) is 0 Å². The summed E-state index contributed by atoms with van der Waals surface area (Å²) in [5, 5.41) is 2.74. The van der Waals surface area contributed by atoms with Gasteiger partial charge in [-0.3, -0.25) is 5.32 Å². The van der Waals surface area contributed by atoms with Gasteiger partial charge < -0.3 is 14.4 Å². The van der Waals surface area contributed by atoms with E-state index in [1.165, 1.54) is 32.4 Å². The van der Waals surface area contributed by atoms with Gasteiger partial charge in [0.05, 0.1) is 32.8 Å². The minimum atomic E-state index is -0.388. The number of quaternary nitrogens is 1. The Balaban J connectivity index is 1.60. The fraction of sp³-hybridized carbons (Fsp3) is 0.611. The van der Waals surface area contributed by atoms with E-state index in [0.29, 0.717) is 13.2 Å². The van der Waals surface area contributed by atoms with Crippen LogP contribution in [-0.2, 0) is 4.74 Å². The SMILES string of the molecule is CCCOc1ccc(NC(=O)OCCC[NH+]2CCCCC2)cc1. The van der Waals surface area contributed by atoms with E-state index in [2.05, 4.69) is 12.2 Å². The van der Waals surface area contributed by atoms with Crippen molar-refractivity contribution in [2.75, 3.05) is 38.2 Å². The molecule has 128 valence electrons. The van der Waals surface area contributed by atoms with Crippen LogP contribution in [0.25, 0.3) is 0 Å². The topological polar surface area (TPSA) is 52.0 Å². The molecule has 1 fully saturated rings. The third-order valence-corrected chi connectivity index (χ3v) is 4.04. The Kier molecular flexibility index (Phi) is 7.73. The summed E-state index contributed by atoms with van der Waals surface area (Å²) < 4.78 is 10.7. The molecule has 1 amide bonds. The Bertz CT molecular complexity index is 456. The maximum atomic E-state index is 11.7. The standard InChI is InChI=1S/C18H28N2O3/c1-2-14-22-17-9-7-16(8-10-17)19-18(21)23-15-6-13-20-11-4-3-5-12-20/h7-10H,2-6,11-15H2,1H3,(H,19,21)/p+1. The number of amides is 1. The third-order valence-electron chi connectivity index (χ3n) is 4.04. The van der Waals surface area contributed by atoms with Crippen molar-refractivity contribution in [3.05, 3.63) is 24.3 Å². The molecule has 2 rings (SSSR count). The maximum absolute atomic E-state index is 11.7. The number of carbonyl (C=O) groups is 1. The van der Waals surface area contributed by atoms with Crippen molar-refractivity contribution in [2.24, 2.45) is 0 Å². The number of piperidine rings is 1. The summed E-state index contributed by atoms with van der Waals surface area (Å²) in [7, 11) is 0. The van der Waals surface area contributed by atoms with Gasteiger partial charge in [-0.15, -0.1) is 0 Å². The molecule has 0 saturated carbocycles. The summed E-state index contributed by atoms with van der Waals surface area (Å²) in [6.45, 7) is 6.87. The van der Waals surface area contributed by atoms with Crippen LogP contribution in [0.1, 0.15) is 39.0 Å². The molecule has 0 radical (unpaired) electrons. The highest BCUT2D eigenvalue weighted by Crippen LogP contribution is 2.16. The first-order valence-electron chi connectivity index (χ1n) is 8.78. The van der Waals surface area contributed by atoms with Crippen molar-refractivity contribution in [3.8, 4) is 5.75 Å². The smallest absolute Gasteiger partial charge is 0.411 e. The summed E-state index contributed by atoms with van der Waals surface area (Å²) in [6.07, 6.45) is 5.53. The van der Waals surface area contributed by atoms with Gasteiger partial charge in [0.25, 0.3) is 0 Å². The number of carbonyl (C=O) groups excluding carboxylic acids is 1. The van der Waals surface area contributed by atoms with Crippen molar-refractivity contribution in [2.45, 2.75) is 39.0 Å². The Morgan fingerprint density at radius 3 is 2.57 bits per heavy atom. The second kappa shape index (κ2) is 10.1. The van der Waals surface area contributed by atoms with Crippen LogP contribution in [0.3, 0.4) is 0 Å². The largest absolute Gasteiger partial charge is 0.494 e. The van der Waals surface area contributed by atoms with Gasteiger partial charge in [0.15, 0.2) is 0 Å². The minimum Gasteiger partial charge on any atom is -0.494 e. The highest BCUT2D eigenvalue weighted by atomic mass is 16.5. The van der Waals surface area contributed by atoms with Gasteiger partial charge in [0, 0.05) is 12.1 Å². The number of ether oxygens (including phenoxy) is 2. The Morgan fingerprint density at radius 2 is 1.87 bits per heavy atom. The van der Waals surface area contributed by atoms with E-state index in [4.69, 9.17) is 9.47 Å². The van der Waals surface area contributed by atoms with E-state index in [1.54, 1.807) is 4.90 Å². The van der Waals surface area contributed by atoms with E-state index >= 15 is 0 Å². The van der Waals surface area contributed by atoms with E-state index in [9.17, 15) is 4.79 Å². The summed E-state index contributed by atoms with van der Waals surface area (Å²) in [5.41, 5.74) is 0.723. The zero-order valence-corrected chi connectivity index (χ0v) is 14.1. The summed E-state index contributed by atoms with van der Waals surface area (Å²) in [6, 6.07) is 7.35. The first-order chi connectivity index (χ1) is 11.3. The molecule has 0 unspecified atom stereocenters. The molecule has 0 aliphatic carbocycles. The molecule has 1 aliphatic rings. The molecule has 1 heterocycles. The van der Waals surface area contributed by atoms with Crippen molar-refractivity contribution in [3.63, 3.8) is 0 Å². The summed E-state index contributed by atoms with van der Waals surface area (Å²) in [4.78, 5) is 13.4. The van der Waals surface area contributed by atoms with Crippen LogP contribution < -0.4 is 15.0 Å². The predicted octanol–water partition coefficient (Wildman–Crippen LogP) is 2.48. The first-order valence-corrected chi connectivity index (χ1v) is 8.78. The number of anilines is 1. The van der Waals surface area contributed by atoms with Gasteiger partial charge in [-0.05, 0) is 49.9 Å². The molecular weight excluding hydrogens is 292 g/mol. The quantitative estimate of drug-likeness (QED) is 0.723. The molecule has 0 atom stereocenters. The lowest BCUT2D eigenvalue weighted by molar-refractivity contribution is -0.905. The predicted molar refractivity (Wildman–Crippen MR) is 91.2 cm³/mol. The van der Waals surface area contributed by atoms with Gasteiger partial charge >= 0.3 is 6.09 Å². The van der Waals surface area contributed by atoms with Gasteiger partial charge in [-0.25, -0.2) is 4.79 Å². The molecule has 1 aliphatic heterocycles. The lowest BCUT2D eigenvalue weighted by Gasteiger charge is -2.23. The van der Waals surface area contributed by atoms with Gasteiger partial charge in [0.1, 0.15) is 5.75 Å². The fourth-order valence-corrected chi connectivity index (χ4v) is 2.80. The van der Waals surface area contributed by atoms with Crippen LogP contribution >= 0.6 is 0 Å². The molecule has 23 heavy (non-hydrogen) atoms. The van der Waals surface area contributed by atoms with E-state index in [1.807, 2.05) is 24.3 Å². The maximum Gasteiger partial charge on any atom is 0.411 e. The molecule has 5 nitrogen and oxygen atoms in total. The number of hydrogen-bond donors (Lipinski definition) is 2. The number of benzene rings is 1. The molecular formula is C18H29N2O3+. The van der Waals surface area contributed by atoms with Gasteiger partial charge in [0.2, 0.25) is 0 Å². The average molecular weight is 321 g/mol. The molecule has 2 N–H and O–H groups in total. The van der Waals surface area contributed by atoms with Crippen molar-refractivity contribution in [1.82, 2.24) is 0 Å². The number of likely N-dealkylation sites (tertiary alicyclic amines) is 1. The molecule has 1 aromatic rings. The zero-order valence-electron chi connectivity index (χ0n) is 14.1. The second-order valence-electron chi connectivity index (χ2n) is 6.05. The summed E-state index contributed by atoms with van der Waals surface area (Å²) in [5.74, 6) is 0.815. The lowest BCUT2D eigenvalue weighted by Crippen LogP contribution is -3.12. The number of hydrogen-bond acceptors (Lipinski definition) is 3. The average Bonchev–Trinajstić information content (AvgIpc) is 2.59. The second-order valence-corrected chi connectivity index (χ2v) is 6.05. The zero-order chi connectivity index (χ0) is 16.3. The first kappa shape index (κ1) is 17.6. The molecule has 0 aromatic heterocycles. The van der Waals surface area contributed by atoms with Gasteiger partial charge in [-0.1, -0.05) is 6.92 Å². The Hall–Kier alpha value is -1.75. The van der Waals surface area contributed by atoms with E-state index in [0.717, 1.165) is 30.8 Å². The van der Waals surface area contributed by atoms with Gasteiger partial charge in [-0.2, -0.15) is 0 Å². The minimum absolute atomic E-state index is 0.388.